The number of carbonyl (C=O) groups excluding carboxylic acids is 4. The van der Waals surface area contributed by atoms with Crippen molar-refractivity contribution in [2.75, 3.05) is 13.1 Å². The van der Waals surface area contributed by atoms with Gasteiger partial charge in [0.05, 0.1) is 12.2 Å². The molecule has 2 aromatic heterocycles. The van der Waals surface area contributed by atoms with E-state index >= 15 is 0 Å². The predicted molar refractivity (Wildman–Crippen MR) is 162 cm³/mol. The molecule has 5 rings (SSSR count). The van der Waals surface area contributed by atoms with Crippen LogP contribution in [0.25, 0.3) is 0 Å². The van der Waals surface area contributed by atoms with Gasteiger partial charge in [0.25, 0.3) is 5.91 Å². The summed E-state index contributed by atoms with van der Waals surface area (Å²) in [4.78, 5) is 55.2. The van der Waals surface area contributed by atoms with Gasteiger partial charge in [-0.05, 0) is 37.7 Å². The van der Waals surface area contributed by atoms with Crippen LogP contribution in [0.2, 0.25) is 0 Å². The second kappa shape index (κ2) is 14.5. The summed E-state index contributed by atoms with van der Waals surface area (Å²) >= 11 is 0. The van der Waals surface area contributed by atoms with Crippen molar-refractivity contribution in [1.82, 2.24) is 36.5 Å². The number of nitrogens with zero attached hydrogens (tertiary/aromatic N) is 3. The Bertz CT molecular complexity index is 1480. The largest absolute Gasteiger partial charge is 0.361 e. The monoisotopic (exact) mass is 619 g/mol. The standard InChI is InChI=1S/C32H41N7O6/c1-19(2)13-25-31(42)36-26(14-21-7-5-4-6-8-21)30(41)33-11-12-39(17-23-15-28(45-37-23)22-9-10-22)18-24-16-27(38-44-24)32(43)34-20(3)29(40)35-25/h4-8,15-16,19-20,22,25-26H,9-14,17-18H2,1-3H3,(H,33,41)(H,34,43)(H,35,40)(H,36,42)/t20-,25-,26-/m1/s1. The van der Waals surface area contributed by atoms with Crippen molar-refractivity contribution in [2.24, 2.45) is 5.92 Å². The number of amides is 4. The van der Waals surface area contributed by atoms with Crippen LogP contribution in [0.15, 0.2) is 51.5 Å². The van der Waals surface area contributed by atoms with Crippen LogP contribution in [0.1, 0.15) is 79.2 Å². The normalized spacial score (nSPS) is 22.6. The molecule has 0 saturated heterocycles. The molecule has 1 aliphatic carbocycles. The number of rotatable bonds is 7. The Hall–Kier alpha value is -4.52. The molecule has 2 bridgehead atoms. The van der Waals surface area contributed by atoms with Gasteiger partial charge in [-0.15, -0.1) is 0 Å². The zero-order chi connectivity index (χ0) is 31.9. The molecule has 3 heterocycles. The van der Waals surface area contributed by atoms with Crippen LogP contribution in [-0.2, 0) is 33.9 Å². The molecular weight excluding hydrogens is 578 g/mol. The summed E-state index contributed by atoms with van der Waals surface area (Å²) in [6, 6.07) is 10.1. The fourth-order valence-electron chi connectivity index (χ4n) is 5.25. The van der Waals surface area contributed by atoms with E-state index in [9.17, 15) is 19.2 Å². The number of fused-ring (bicyclic) bond motifs is 2. The van der Waals surface area contributed by atoms with Gasteiger partial charge in [-0.25, -0.2) is 0 Å². The summed E-state index contributed by atoms with van der Waals surface area (Å²) in [5, 5.41) is 19.4. The molecule has 2 aliphatic rings. The van der Waals surface area contributed by atoms with Crippen molar-refractivity contribution in [1.29, 1.82) is 0 Å². The Labute approximate surface area is 261 Å². The zero-order valence-corrected chi connectivity index (χ0v) is 25.9. The van der Waals surface area contributed by atoms with Gasteiger partial charge in [0, 0.05) is 44.1 Å². The maximum Gasteiger partial charge on any atom is 0.274 e. The average Bonchev–Trinajstić information content (AvgIpc) is 3.57. The number of hydrogen-bond acceptors (Lipinski definition) is 9. The molecule has 1 aromatic carbocycles. The van der Waals surface area contributed by atoms with Crippen molar-refractivity contribution in [3.63, 3.8) is 0 Å². The molecule has 13 heteroatoms. The molecule has 0 radical (unpaired) electrons. The minimum Gasteiger partial charge on any atom is -0.361 e. The van der Waals surface area contributed by atoms with Gasteiger partial charge in [0.2, 0.25) is 17.7 Å². The van der Waals surface area contributed by atoms with Crippen LogP contribution in [-0.4, -0.2) is 70.1 Å². The van der Waals surface area contributed by atoms with E-state index < -0.39 is 35.8 Å². The first-order chi connectivity index (χ1) is 21.6. The van der Waals surface area contributed by atoms with Gasteiger partial charge in [-0.2, -0.15) is 0 Å². The van der Waals surface area contributed by atoms with Crippen LogP contribution in [0.3, 0.4) is 0 Å². The quantitative estimate of drug-likeness (QED) is 0.309. The van der Waals surface area contributed by atoms with E-state index in [1.54, 1.807) is 0 Å². The summed E-state index contributed by atoms with van der Waals surface area (Å²) in [5.41, 5.74) is 1.64. The first-order valence-electron chi connectivity index (χ1n) is 15.5. The van der Waals surface area contributed by atoms with Crippen molar-refractivity contribution in [3.8, 4) is 0 Å². The summed E-state index contributed by atoms with van der Waals surface area (Å²) in [7, 11) is 0. The maximum absolute atomic E-state index is 13.6. The van der Waals surface area contributed by atoms with Crippen LogP contribution in [0, 0.1) is 5.92 Å². The van der Waals surface area contributed by atoms with E-state index in [0.29, 0.717) is 31.2 Å². The van der Waals surface area contributed by atoms with E-state index in [1.807, 2.05) is 55.1 Å². The van der Waals surface area contributed by atoms with Crippen LogP contribution in [0.5, 0.6) is 0 Å². The lowest BCUT2D eigenvalue weighted by atomic mass is 10.0. The smallest absolute Gasteiger partial charge is 0.274 e. The summed E-state index contributed by atoms with van der Waals surface area (Å²) < 4.78 is 11.0. The second-order valence-electron chi connectivity index (χ2n) is 12.3. The lowest BCUT2D eigenvalue weighted by molar-refractivity contribution is -0.132. The SMILES string of the molecule is CC(C)C[C@H]1NC(=O)[C@@H](C)NC(=O)c2cc(on2)CN(Cc2cc(C3CC3)on2)CCNC(=O)[C@@H](Cc2ccccc2)NC1=O. The molecule has 240 valence electrons. The van der Waals surface area contributed by atoms with Gasteiger partial charge in [0.15, 0.2) is 11.5 Å². The van der Waals surface area contributed by atoms with Gasteiger partial charge in [-0.1, -0.05) is 54.5 Å². The Morgan fingerprint density at radius 2 is 1.67 bits per heavy atom. The first kappa shape index (κ1) is 31.9. The van der Waals surface area contributed by atoms with E-state index in [1.165, 1.54) is 13.0 Å². The number of benzene rings is 1. The number of nitrogens with one attached hydrogen (secondary N) is 4. The van der Waals surface area contributed by atoms with Crippen LogP contribution in [0.4, 0.5) is 0 Å². The molecule has 4 N–H and O–H groups in total. The number of aromatic nitrogens is 2. The topological polar surface area (TPSA) is 172 Å². The molecular formula is C32H41N7O6. The van der Waals surface area contributed by atoms with Gasteiger partial charge >= 0.3 is 0 Å². The van der Waals surface area contributed by atoms with E-state index in [4.69, 9.17) is 9.05 Å². The Balaban J connectivity index is 1.39. The van der Waals surface area contributed by atoms with Gasteiger partial charge in [-0.3, -0.25) is 24.1 Å². The fraction of sp³-hybridized carbons (Fsp3) is 0.500. The highest BCUT2D eigenvalue weighted by molar-refractivity contribution is 5.97. The molecule has 1 fully saturated rings. The van der Waals surface area contributed by atoms with E-state index in [2.05, 4.69) is 31.6 Å². The fourth-order valence-corrected chi connectivity index (χ4v) is 5.25. The third kappa shape index (κ3) is 9.00. The number of hydrogen-bond donors (Lipinski definition) is 4. The maximum atomic E-state index is 13.6. The molecule has 0 unspecified atom stereocenters. The summed E-state index contributed by atoms with van der Waals surface area (Å²) in [5.74, 6) is -0.157. The zero-order valence-electron chi connectivity index (χ0n) is 25.9. The van der Waals surface area contributed by atoms with Crippen molar-refractivity contribution in [2.45, 2.75) is 83.6 Å². The lowest BCUT2D eigenvalue weighted by Gasteiger charge is -2.26. The minimum absolute atomic E-state index is 0.0247. The third-order valence-corrected chi connectivity index (χ3v) is 7.84. The van der Waals surface area contributed by atoms with Gasteiger partial charge < -0.3 is 30.3 Å². The molecule has 45 heavy (non-hydrogen) atoms. The highest BCUT2D eigenvalue weighted by Crippen LogP contribution is 2.40. The third-order valence-electron chi connectivity index (χ3n) is 7.84. The van der Waals surface area contributed by atoms with E-state index in [-0.39, 0.29) is 37.0 Å². The number of carbonyl (C=O) groups is 4. The molecule has 1 aliphatic heterocycles. The Morgan fingerprint density at radius 1 is 0.911 bits per heavy atom. The van der Waals surface area contributed by atoms with Crippen molar-refractivity contribution >= 4 is 23.6 Å². The minimum atomic E-state index is -0.966. The summed E-state index contributed by atoms with van der Waals surface area (Å²) in [6.07, 6.45) is 2.78. The second-order valence-corrected chi connectivity index (χ2v) is 12.3. The molecule has 13 nitrogen and oxygen atoms in total. The lowest BCUT2D eigenvalue weighted by Crippen LogP contribution is -2.57. The first-order valence-corrected chi connectivity index (χ1v) is 15.5. The van der Waals surface area contributed by atoms with Crippen LogP contribution < -0.4 is 21.3 Å². The van der Waals surface area contributed by atoms with Crippen LogP contribution >= 0.6 is 0 Å². The Kier molecular flexibility index (Phi) is 10.3. The highest BCUT2D eigenvalue weighted by atomic mass is 16.5. The van der Waals surface area contributed by atoms with E-state index in [0.717, 1.165) is 29.9 Å². The molecule has 3 aromatic rings. The van der Waals surface area contributed by atoms with Gasteiger partial charge in [0.1, 0.15) is 23.9 Å². The molecule has 0 spiro atoms. The molecule has 3 atom stereocenters. The van der Waals surface area contributed by atoms with Crippen molar-refractivity contribution in [3.05, 3.63) is 70.9 Å². The summed E-state index contributed by atoms with van der Waals surface area (Å²) in [6.45, 7) is 6.75. The average molecular weight is 620 g/mol. The predicted octanol–water partition coefficient (Wildman–Crippen LogP) is 2.05. The molecule has 1 saturated carbocycles. The Morgan fingerprint density at radius 3 is 2.40 bits per heavy atom. The molecule has 4 amide bonds. The highest BCUT2D eigenvalue weighted by Gasteiger charge is 2.31. The van der Waals surface area contributed by atoms with Crippen molar-refractivity contribution < 1.29 is 28.2 Å².